The molecular weight excluding hydrogens is 186 g/mol. The summed E-state index contributed by atoms with van der Waals surface area (Å²) in [6, 6.07) is 4.67. The summed E-state index contributed by atoms with van der Waals surface area (Å²) in [6.07, 6.45) is 2.99. The third-order valence-electron chi connectivity index (χ3n) is 2.54. The number of nitrogens with one attached hydrogen (secondary N) is 1. The predicted molar refractivity (Wildman–Crippen MR) is 65.2 cm³/mol. The van der Waals surface area contributed by atoms with E-state index < -0.39 is 0 Å². The van der Waals surface area contributed by atoms with Gasteiger partial charge in [-0.05, 0) is 19.4 Å². The van der Waals surface area contributed by atoms with Crippen molar-refractivity contribution >= 4 is 5.82 Å². The normalized spacial score (nSPS) is 12.5. The fraction of sp³-hybridized carbons (Fsp3) is 0.583. The lowest BCUT2D eigenvalue weighted by Crippen LogP contribution is -2.26. The van der Waals surface area contributed by atoms with Gasteiger partial charge in [-0.1, -0.05) is 13.0 Å². The number of hydrogen-bond acceptors (Lipinski definition) is 3. The molecule has 0 amide bonds. The van der Waals surface area contributed by atoms with E-state index in [9.17, 15) is 0 Å². The molecule has 1 unspecified atom stereocenters. The quantitative estimate of drug-likeness (QED) is 0.801. The smallest absolute Gasteiger partial charge is 0.132 e. The van der Waals surface area contributed by atoms with Gasteiger partial charge >= 0.3 is 0 Å². The SMILES string of the molecule is CCC(C)NCc1cccnc1N(C)C. The highest BCUT2D eigenvalue weighted by molar-refractivity contribution is 5.44. The standard InChI is InChI=1S/C12H21N3/c1-5-10(2)14-9-11-7-6-8-13-12(11)15(3)4/h6-8,10,14H,5,9H2,1-4H3. The monoisotopic (exact) mass is 207 g/mol. The minimum atomic E-state index is 0.556. The number of nitrogens with zero attached hydrogens (tertiary/aromatic N) is 2. The molecule has 1 N–H and O–H groups in total. The Balaban J connectivity index is 2.67. The lowest BCUT2D eigenvalue weighted by Gasteiger charge is -2.17. The van der Waals surface area contributed by atoms with Crippen LogP contribution in [0.2, 0.25) is 0 Å². The summed E-state index contributed by atoms with van der Waals surface area (Å²) < 4.78 is 0. The number of rotatable bonds is 5. The van der Waals surface area contributed by atoms with E-state index in [4.69, 9.17) is 0 Å². The lowest BCUT2D eigenvalue weighted by atomic mass is 10.2. The summed E-state index contributed by atoms with van der Waals surface area (Å²) in [6.45, 7) is 5.27. The Morgan fingerprint density at radius 1 is 1.47 bits per heavy atom. The van der Waals surface area contributed by atoms with Gasteiger partial charge in [-0.3, -0.25) is 0 Å². The van der Waals surface area contributed by atoms with Gasteiger partial charge in [0.25, 0.3) is 0 Å². The Morgan fingerprint density at radius 3 is 2.80 bits per heavy atom. The summed E-state index contributed by atoms with van der Waals surface area (Å²) in [5.41, 5.74) is 1.25. The Kier molecular flexibility index (Phi) is 4.56. The first kappa shape index (κ1) is 12.0. The zero-order valence-electron chi connectivity index (χ0n) is 10.1. The molecule has 1 atom stereocenters. The molecular formula is C12H21N3. The Morgan fingerprint density at radius 2 is 2.20 bits per heavy atom. The van der Waals surface area contributed by atoms with E-state index in [1.165, 1.54) is 5.56 Å². The maximum Gasteiger partial charge on any atom is 0.132 e. The van der Waals surface area contributed by atoms with Crippen molar-refractivity contribution in [1.82, 2.24) is 10.3 Å². The van der Waals surface area contributed by atoms with Crippen LogP contribution in [0.1, 0.15) is 25.8 Å². The average Bonchev–Trinajstić information content (AvgIpc) is 2.26. The molecule has 0 saturated carbocycles. The van der Waals surface area contributed by atoms with Crippen LogP contribution in [0.25, 0.3) is 0 Å². The predicted octanol–water partition coefficient (Wildman–Crippen LogP) is 2.04. The number of aromatic nitrogens is 1. The van der Waals surface area contributed by atoms with Crippen LogP contribution in [0, 0.1) is 0 Å². The van der Waals surface area contributed by atoms with Crippen molar-refractivity contribution in [3.8, 4) is 0 Å². The molecule has 0 spiro atoms. The highest BCUT2D eigenvalue weighted by atomic mass is 15.1. The van der Waals surface area contributed by atoms with Gasteiger partial charge in [0.05, 0.1) is 0 Å². The third kappa shape index (κ3) is 3.51. The van der Waals surface area contributed by atoms with Crippen molar-refractivity contribution < 1.29 is 0 Å². The van der Waals surface area contributed by atoms with Gasteiger partial charge in [0.2, 0.25) is 0 Å². The van der Waals surface area contributed by atoms with E-state index in [1.807, 2.05) is 31.3 Å². The first-order chi connectivity index (χ1) is 7.15. The summed E-state index contributed by atoms with van der Waals surface area (Å²) in [5.74, 6) is 1.05. The summed E-state index contributed by atoms with van der Waals surface area (Å²) in [5, 5.41) is 3.48. The lowest BCUT2D eigenvalue weighted by molar-refractivity contribution is 0.533. The number of anilines is 1. The number of pyridine rings is 1. The van der Waals surface area contributed by atoms with Crippen molar-refractivity contribution in [2.45, 2.75) is 32.9 Å². The van der Waals surface area contributed by atoms with Crippen LogP contribution in [0.4, 0.5) is 5.82 Å². The van der Waals surface area contributed by atoms with Gasteiger partial charge in [0.1, 0.15) is 5.82 Å². The molecule has 0 saturated heterocycles. The van der Waals surface area contributed by atoms with Gasteiger partial charge in [0.15, 0.2) is 0 Å². The average molecular weight is 207 g/mol. The van der Waals surface area contributed by atoms with Crippen LogP contribution in [-0.4, -0.2) is 25.1 Å². The van der Waals surface area contributed by atoms with Gasteiger partial charge in [-0.2, -0.15) is 0 Å². The van der Waals surface area contributed by atoms with Crippen molar-refractivity contribution in [3.05, 3.63) is 23.9 Å². The summed E-state index contributed by atoms with van der Waals surface area (Å²) >= 11 is 0. The summed E-state index contributed by atoms with van der Waals surface area (Å²) in [7, 11) is 4.05. The first-order valence-electron chi connectivity index (χ1n) is 5.49. The van der Waals surface area contributed by atoms with E-state index >= 15 is 0 Å². The molecule has 0 aliphatic heterocycles. The van der Waals surface area contributed by atoms with Crippen LogP contribution < -0.4 is 10.2 Å². The van der Waals surface area contributed by atoms with Crippen molar-refractivity contribution in [1.29, 1.82) is 0 Å². The van der Waals surface area contributed by atoms with Crippen molar-refractivity contribution in [3.63, 3.8) is 0 Å². The molecule has 0 radical (unpaired) electrons. The van der Waals surface area contributed by atoms with Gasteiger partial charge < -0.3 is 10.2 Å². The fourth-order valence-corrected chi connectivity index (χ4v) is 1.40. The maximum atomic E-state index is 4.37. The zero-order chi connectivity index (χ0) is 11.3. The maximum absolute atomic E-state index is 4.37. The Labute approximate surface area is 92.5 Å². The van der Waals surface area contributed by atoms with Crippen LogP contribution in [-0.2, 0) is 6.54 Å². The van der Waals surface area contributed by atoms with Crippen LogP contribution in [0.5, 0.6) is 0 Å². The zero-order valence-corrected chi connectivity index (χ0v) is 10.1. The van der Waals surface area contributed by atoms with Gasteiger partial charge in [-0.15, -0.1) is 0 Å². The topological polar surface area (TPSA) is 28.2 Å². The molecule has 1 aromatic rings. The van der Waals surface area contributed by atoms with Crippen LogP contribution >= 0.6 is 0 Å². The fourth-order valence-electron chi connectivity index (χ4n) is 1.40. The molecule has 0 aromatic carbocycles. The second-order valence-electron chi connectivity index (χ2n) is 4.07. The molecule has 1 rings (SSSR count). The molecule has 84 valence electrons. The molecule has 1 aromatic heterocycles. The molecule has 3 heteroatoms. The molecule has 1 heterocycles. The van der Waals surface area contributed by atoms with E-state index in [2.05, 4.69) is 30.2 Å². The molecule has 0 bridgehead atoms. The van der Waals surface area contributed by atoms with Gasteiger partial charge in [0, 0.05) is 38.4 Å². The van der Waals surface area contributed by atoms with Crippen molar-refractivity contribution in [2.24, 2.45) is 0 Å². The Hall–Kier alpha value is -1.09. The van der Waals surface area contributed by atoms with E-state index in [1.54, 1.807) is 0 Å². The minimum absolute atomic E-state index is 0.556. The largest absolute Gasteiger partial charge is 0.362 e. The molecule has 15 heavy (non-hydrogen) atoms. The van der Waals surface area contributed by atoms with E-state index in [-0.39, 0.29) is 0 Å². The van der Waals surface area contributed by atoms with E-state index in [0.717, 1.165) is 18.8 Å². The van der Waals surface area contributed by atoms with Gasteiger partial charge in [-0.25, -0.2) is 4.98 Å². The second kappa shape index (κ2) is 5.71. The van der Waals surface area contributed by atoms with Crippen molar-refractivity contribution in [2.75, 3.05) is 19.0 Å². The highest BCUT2D eigenvalue weighted by Crippen LogP contribution is 2.14. The molecule has 3 nitrogen and oxygen atoms in total. The van der Waals surface area contributed by atoms with E-state index in [0.29, 0.717) is 6.04 Å². The Bertz CT molecular complexity index is 297. The molecule has 0 aliphatic carbocycles. The minimum Gasteiger partial charge on any atom is -0.362 e. The van der Waals surface area contributed by atoms with Crippen LogP contribution in [0.15, 0.2) is 18.3 Å². The molecule has 0 fully saturated rings. The summed E-state index contributed by atoms with van der Waals surface area (Å²) in [4.78, 5) is 6.42. The number of hydrogen-bond donors (Lipinski definition) is 1. The third-order valence-corrected chi connectivity index (χ3v) is 2.54. The van der Waals surface area contributed by atoms with Crippen LogP contribution in [0.3, 0.4) is 0 Å². The second-order valence-corrected chi connectivity index (χ2v) is 4.07. The highest BCUT2D eigenvalue weighted by Gasteiger charge is 2.05. The molecule has 0 aliphatic rings. The first-order valence-corrected chi connectivity index (χ1v) is 5.49.